The van der Waals surface area contributed by atoms with Gasteiger partial charge >= 0.3 is 0 Å². The molecule has 1 aromatic carbocycles. The van der Waals surface area contributed by atoms with Crippen LogP contribution in [-0.4, -0.2) is 10.5 Å². The lowest BCUT2D eigenvalue weighted by atomic mass is 9.95. The van der Waals surface area contributed by atoms with Crippen molar-refractivity contribution in [2.75, 3.05) is 5.32 Å². The van der Waals surface area contributed by atoms with E-state index in [1.807, 2.05) is 6.07 Å². The number of halogens is 2. The highest BCUT2D eigenvalue weighted by atomic mass is 35.5. The molecule has 2 rings (SSSR count). The van der Waals surface area contributed by atoms with Gasteiger partial charge in [0.25, 0.3) is 0 Å². The van der Waals surface area contributed by atoms with Crippen LogP contribution in [0.4, 0.5) is 5.82 Å². The fourth-order valence-corrected chi connectivity index (χ4v) is 2.42. The van der Waals surface area contributed by atoms with Gasteiger partial charge < -0.3 is 5.32 Å². The van der Waals surface area contributed by atoms with Gasteiger partial charge in [-0.3, -0.25) is 0 Å². The summed E-state index contributed by atoms with van der Waals surface area (Å²) in [7, 11) is 0. The van der Waals surface area contributed by atoms with Gasteiger partial charge in [0.1, 0.15) is 5.82 Å². The molecule has 2 nitrogen and oxygen atoms in total. The van der Waals surface area contributed by atoms with Gasteiger partial charge in [-0.15, -0.1) is 0 Å². The van der Waals surface area contributed by atoms with Crippen LogP contribution >= 0.6 is 23.2 Å². The van der Waals surface area contributed by atoms with Crippen molar-refractivity contribution < 1.29 is 0 Å². The zero-order chi connectivity index (χ0) is 14.6. The van der Waals surface area contributed by atoms with Gasteiger partial charge in [-0.25, -0.2) is 4.98 Å². The summed E-state index contributed by atoms with van der Waals surface area (Å²) in [5.74, 6) is 0.675. The second-order valence-corrected chi connectivity index (χ2v) is 6.32. The van der Waals surface area contributed by atoms with Gasteiger partial charge in [0.05, 0.1) is 10.0 Å². The molecule has 0 bridgehead atoms. The van der Waals surface area contributed by atoms with Crippen LogP contribution in [0.2, 0.25) is 10.0 Å². The Kier molecular flexibility index (Phi) is 4.90. The highest BCUT2D eigenvalue weighted by molar-refractivity contribution is 6.35. The molecule has 0 spiro atoms. The molecule has 0 saturated carbocycles. The third kappa shape index (κ3) is 4.39. The smallest absolute Gasteiger partial charge is 0.145 e. The minimum atomic E-state index is -0.0969. The second-order valence-electron chi connectivity index (χ2n) is 5.48. The molecule has 0 aliphatic carbocycles. The van der Waals surface area contributed by atoms with Crippen molar-refractivity contribution in [2.45, 2.75) is 32.2 Å². The fraction of sp³-hybridized carbons (Fsp3) is 0.312. The maximum atomic E-state index is 6.14. The zero-order valence-electron chi connectivity index (χ0n) is 11.7. The average Bonchev–Trinajstić information content (AvgIpc) is 2.41. The van der Waals surface area contributed by atoms with E-state index in [9.17, 15) is 0 Å². The van der Waals surface area contributed by atoms with Gasteiger partial charge in [-0.1, -0.05) is 53.5 Å². The summed E-state index contributed by atoms with van der Waals surface area (Å²) in [6.45, 7) is 4.28. The number of rotatable bonds is 5. The molecule has 2 aromatic rings. The molecule has 106 valence electrons. The van der Waals surface area contributed by atoms with Gasteiger partial charge in [-0.2, -0.15) is 0 Å². The lowest BCUT2D eigenvalue weighted by molar-refractivity contribution is 0.516. The number of aromatic nitrogens is 1. The summed E-state index contributed by atoms with van der Waals surface area (Å²) in [6, 6.07) is 12.1. The van der Waals surface area contributed by atoms with Crippen LogP contribution in [0.25, 0.3) is 0 Å². The van der Waals surface area contributed by atoms with E-state index in [-0.39, 0.29) is 5.54 Å². The molecule has 0 aliphatic rings. The third-order valence-electron chi connectivity index (χ3n) is 3.15. The lowest BCUT2D eigenvalue weighted by Crippen LogP contribution is -2.32. The molecule has 1 aromatic heterocycles. The van der Waals surface area contributed by atoms with E-state index in [1.54, 1.807) is 12.3 Å². The fourth-order valence-electron chi connectivity index (χ4n) is 1.99. The summed E-state index contributed by atoms with van der Waals surface area (Å²) < 4.78 is 0. The maximum Gasteiger partial charge on any atom is 0.145 e. The quantitative estimate of drug-likeness (QED) is 0.820. The van der Waals surface area contributed by atoms with Crippen LogP contribution in [0.1, 0.15) is 25.8 Å². The number of hydrogen-bond acceptors (Lipinski definition) is 2. The van der Waals surface area contributed by atoms with Crippen molar-refractivity contribution in [3.63, 3.8) is 0 Å². The minimum Gasteiger partial charge on any atom is -0.364 e. The van der Waals surface area contributed by atoms with Crippen molar-refractivity contribution in [1.29, 1.82) is 0 Å². The largest absolute Gasteiger partial charge is 0.364 e. The molecule has 4 heteroatoms. The summed E-state index contributed by atoms with van der Waals surface area (Å²) in [5, 5.41) is 4.47. The minimum absolute atomic E-state index is 0.0969. The first-order valence-electron chi connectivity index (χ1n) is 6.59. The molecule has 1 heterocycles. The standard InChI is InChI=1S/C16H18Cl2N2/c1-16(2,9-8-12-6-4-3-5-7-12)20-15-14(18)10-13(17)11-19-15/h3-7,10-11H,8-9H2,1-2H3,(H,19,20). The molecule has 0 amide bonds. The second kappa shape index (κ2) is 6.47. The Labute approximate surface area is 130 Å². The third-order valence-corrected chi connectivity index (χ3v) is 3.64. The molecular formula is C16H18Cl2N2. The number of nitrogens with zero attached hydrogens (tertiary/aromatic N) is 1. The van der Waals surface area contributed by atoms with E-state index in [2.05, 4.69) is 48.4 Å². The van der Waals surface area contributed by atoms with Gasteiger partial charge in [0, 0.05) is 11.7 Å². The molecule has 0 radical (unpaired) electrons. The maximum absolute atomic E-state index is 6.14. The van der Waals surface area contributed by atoms with Crippen molar-refractivity contribution in [3.05, 3.63) is 58.2 Å². The first-order valence-corrected chi connectivity index (χ1v) is 7.35. The molecule has 20 heavy (non-hydrogen) atoms. The number of nitrogens with one attached hydrogen (secondary N) is 1. The van der Waals surface area contributed by atoms with Crippen molar-refractivity contribution in [3.8, 4) is 0 Å². The van der Waals surface area contributed by atoms with Crippen LogP contribution in [0.5, 0.6) is 0 Å². The van der Waals surface area contributed by atoms with Gasteiger partial charge in [0.15, 0.2) is 0 Å². The van der Waals surface area contributed by atoms with Gasteiger partial charge in [-0.05, 0) is 38.3 Å². The van der Waals surface area contributed by atoms with E-state index < -0.39 is 0 Å². The number of aryl methyl sites for hydroxylation is 1. The summed E-state index contributed by atoms with van der Waals surface area (Å²) in [5.41, 5.74) is 1.23. The predicted octanol–water partition coefficient (Wildman–Crippen LogP) is 5.21. The van der Waals surface area contributed by atoms with E-state index in [0.717, 1.165) is 12.8 Å². The number of benzene rings is 1. The molecule has 1 N–H and O–H groups in total. The van der Waals surface area contributed by atoms with Crippen LogP contribution in [0.3, 0.4) is 0 Å². The molecule has 0 saturated heterocycles. The number of hydrogen-bond donors (Lipinski definition) is 1. The SMILES string of the molecule is CC(C)(CCc1ccccc1)Nc1ncc(Cl)cc1Cl. The van der Waals surface area contributed by atoms with Crippen molar-refractivity contribution in [2.24, 2.45) is 0 Å². The van der Waals surface area contributed by atoms with Crippen molar-refractivity contribution >= 4 is 29.0 Å². The normalized spacial score (nSPS) is 11.4. The van der Waals surface area contributed by atoms with Crippen LogP contribution < -0.4 is 5.32 Å². The van der Waals surface area contributed by atoms with Crippen molar-refractivity contribution in [1.82, 2.24) is 4.98 Å². The summed E-state index contributed by atoms with van der Waals surface area (Å²) >= 11 is 12.0. The van der Waals surface area contributed by atoms with E-state index in [0.29, 0.717) is 15.9 Å². The first-order chi connectivity index (χ1) is 9.46. The lowest BCUT2D eigenvalue weighted by Gasteiger charge is -2.27. The zero-order valence-corrected chi connectivity index (χ0v) is 13.2. The number of pyridine rings is 1. The topological polar surface area (TPSA) is 24.9 Å². The predicted molar refractivity (Wildman–Crippen MR) is 86.7 cm³/mol. The summed E-state index contributed by atoms with van der Waals surface area (Å²) in [4.78, 5) is 4.24. The summed E-state index contributed by atoms with van der Waals surface area (Å²) in [6.07, 6.45) is 3.59. The van der Waals surface area contributed by atoms with Crippen LogP contribution in [0.15, 0.2) is 42.6 Å². The molecule has 0 unspecified atom stereocenters. The highest BCUT2D eigenvalue weighted by Crippen LogP contribution is 2.26. The Morgan fingerprint density at radius 1 is 1.15 bits per heavy atom. The average molecular weight is 309 g/mol. The first kappa shape index (κ1) is 15.1. The van der Waals surface area contributed by atoms with E-state index in [4.69, 9.17) is 23.2 Å². The Morgan fingerprint density at radius 3 is 2.50 bits per heavy atom. The van der Waals surface area contributed by atoms with Crippen LogP contribution in [0, 0.1) is 0 Å². The Bertz CT molecular complexity index is 568. The highest BCUT2D eigenvalue weighted by Gasteiger charge is 2.19. The molecular weight excluding hydrogens is 291 g/mol. The monoisotopic (exact) mass is 308 g/mol. The Balaban J connectivity index is 2.00. The van der Waals surface area contributed by atoms with Gasteiger partial charge in [0.2, 0.25) is 0 Å². The molecule has 0 fully saturated rings. The molecule has 0 aliphatic heterocycles. The van der Waals surface area contributed by atoms with E-state index >= 15 is 0 Å². The number of anilines is 1. The Hall–Kier alpha value is -1.25. The Morgan fingerprint density at radius 2 is 1.85 bits per heavy atom. The van der Waals surface area contributed by atoms with Crippen LogP contribution in [-0.2, 0) is 6.42 Å². The molecule has 0 atom stereocenters. The van der Waals surface area contributed by atoms with E-state index in [1.165, 1.54) is 5.56 Å².